The number of carbonyl (C=O) groups is 1. The topological polar surface area (TPSA) is 53.9 Å². The molecule has 2 heterocycles. The second-order valence-electron chi connectivity index (χ2n) is 9.61. The second kappa shape index (κ2) is 9.26. The zero-order valence-electron chi connectivity index (χ0n) is 20.3. The van der Waals surface area contributed by atoms with E-state index >= 15 is 0 Å². The number of benzene rings is 2. The zero-order chi connectivity index (χ0) is 23.8. The minimum absolute atomic E-state index is 0.111. The molecule has 0 radical (unpaired) electrons. The predicted octanol–water partition coefficient (Wildman–Crippen LogP) is 6.48. The van der Waals surface area contributed by atoms with Crippen molar-refractivity contribution in [1.82, 2.24) is 5.32 Å². The third-order valence-electron chi connectivity index (χ3n) is 6.14. The highest BCUT2D eigenvalue weighted by Gasteiger charge is 2.37. The smallest absolute Gasteiger partial charge is 0.264 e. The molecule has 0 spiro atoms. The van der Waals surface area contributed by atoms with Crippen LogP contribution in [0.5, 0.6) is 5.75 Å². The van der Waals surface area contributed by atoms with Gasteiger partial charge in [0.15, 0.2) is 5.17 Å². The summed E-state index contributed by atoms with van der Waals surface area (Å²) in [5.74, 6) is 1.16. The van der Waals surface area contributed by atoms with Crippen molar-refractivity contribution in [2.45, 2.75) is 65.5 Å². The van der Waals surface area contributed by atoms with Crippen molar-refractivity contribution in [3.63, 3.8) is 0 Å². The van der Waals surface area contributed by atoms with Gasteiger partial charge in [0.1, 0.15) is 5.75 Å². The molecule has 1 N–H and O–H groups in total. The first-order chi connectivity index (χ1) is 15.7. The Morgan fingerprint density at radius 2 is 1.97 bits per heavy atom. The molecule has 0 aromatic heterocycles. The molecule has 0 bridgehead atoms. The zero-order valence-corrected chi connectivity index (χ0v) is 21.1. The van der Waals surface area contributed by atoms with Crippen molar-refractivity contribution in [3.8, 4) is 5.75 Å². The van der Waals surface area contributed by atoms with Gasteiger partial charge >= 0.3 is 0 Å². The average molecular weight is 464 g/mol. The standard InChI is InChI=1S/C27H33N3O2S/c1-7-32-21-11-9-20(10-12-21)28-26-29-25(31)24(33-26)15-19-8-13-23-22(14-19)18(4)16-27(5,6)30(23)17(2)3/h8-15,17-18H,7,16H2,1-6H3,(H,28,29,31)/b24-15-/t18-/m0/s1. The molecule has 6 heteroatoms. The molecule has 2 aliphatic heterocycles. The number of anilines is 1. The SMILES string of the molecule is CCOc1ccc(N=C2NC(=O)/C(=C/c3ccc4c(c3)[C@@H](C)CC(C)(C)N4C(C)C)S2)cc1. The van der Waals surface area contributed by atoms with Crippen LogP contribution in [0.25, 0.3) is 6.08 Å². The number of ether oxygens (including phenoxy) is 1. The van der Waals surface area contributed by atoms with Crippen molar-refractivity contribution in [2.75, 3.05) is 11.5 Å². The molecule has 33 heavy (non-hydrogen) atoms. The Bertz CT molecular complexity index is 1100. The van der Waals surface area contributed by atoms with Crippen LogP contribution in [-0.4, -0.2) is 29.3 Å². The van der Waals surface area contributed by atoms with Gasteiger partial charge in [-0.3, -0.25) is 4.79 Å². The van der Waals surface area contributed by atoms with Gasteiger partial charge in [-0.05, 0) is 112 Å². The molecular weight excluding hydrogens is 430 g/mol. The fraction of sp³-hybridized carbons (Fsp3) is 0.407. The van der Waals surface area contributed by atoms with Gasteiger partial charge in [-0.15, -0.1) is 0 Å². The van der Waals surface area contributed by atoms with Crippen LogP contribution in [0.2, 0.25) is 0 Å². The van der Waals surface area contributed by atoms with Crippen LogP contribution in [0.15, 0.2) is 52.4 Å². The highest BCUT2D eigenvalue weighted by molar-refractivity contribution is 8.18. The molecule has 2 aromatic rings. The molecule has 174 valence electrons. The molecule has 5 nitrogen and oxygen atoms in total. The monoisotopic (exact) mass is 463 g/mol. The number of amidine groups is 1. The molecule has 1 amide bonds. The summed E-state index contributed by atoms with van der Waals surface area (Å²) in [5.41, 5.74) is 4.60. The summed E-state index contributed by atoms with van der Waals surface area (Å²) in [5, 5.41) is 3.47. The Morgan fingerprint density at radius 1 is 1.24 bits per heavy atom. The summed E-state index contributed by atoms with van der Waals surface area (Å²) in [6.07, 6.45) is 3.07. The fourth-order valence-electron chi connectivity index (χ4n) is 5.07. The Kier molecular flexibility index (Phi) is 6.57. The van der Waals surface area contributed by atoms with Crippen LogP contribution in [0, 0.1) is 0 Å². The number of hydrogen-bond acceptors (Lipinski definition) is 5. The lowest BCUT2D eigenvalue weighted by Crippen LogP contribution is -2.51. The van der Waals surface area contributed by atoms with E-state index in [4.69, 9.17) is 4.74 Å². The van der Waals surface area contributed by atoms with Gasteiger partial charge in [0.05, 0.1) is 17.2 Å². The van der Waals surface area contributed by atoms with Crippen LogP contribution >= 0.6 is 11.8 Å². The Balaban J connectivity index is 1.57. The summed E-state index contributed by atoms with van der Waals surface area (Å²) in [6.45, 7) is 14.0. The number of thioether (sulfide) groups is 1. The summed E-state index contributed by atoms with van der Waals surface area (Å²) >= 11 is 1.38. The molecule has 0 saturated carbocycles. The average Bonchev–Trinajstić information content (AvgIpc) is 3.08. The van der Waals surface area contributed by atoms with Gasteiger partial charge < -0.3 is 15.0 Å². The van der Waals surface area contributed by atoms with E-state index in [0.717, 1.165) is 23.4 Å². The minimum atomic E-state index is -0.111. The molecule has 0 aliphatic carbocycles. The van der Waals surface area contributed by atoms with E-state index in [9.17, 15) is 4.79 Å². The molecule has 1 saturated heterocycles. The maximum absolute atomic E-state index is 12.6. The van der Waals surface area contributed by atoms with Crippen LogP contribution < -0.4 is 15.0 Å². The van der Waals surface area contributed by atoms with Gasteiger partial charge in [-0.2, -0.15) is 0 Å². The lowest BCUT2D eigenvalue weighted by atomic mass is 9.79. The van der Waals surface area contributed by atoms with E-state index in [1.54, 1.807) is 0 Å². The number of nitrogens with one attached hydrogen (secondary N) is 1. The number of rotatable bonds is 5. The minimum Gasteiger partial charge on any atom is -0.494 e. The predicted molar refractivity (Wildman–Crippen MR) is 140 cm³/mol. The highest BCUT2D eigenvalue weighted by atomic mass is 32.2. The van der Waals surface area contributed by atoms with Crippen molar-refractivity contribution in [1.29, 1.82) is 0 Å². The molecule has 2 aliphatic rings. The highest BCUT2D eigenvalue weighted by Crippen LogP contribution is 2.45. The molecule has 2 aromatic carbocycles. The third kappa shape index (κ3) is 4.96. The number of hydrogen-bond donors (Lipinski definition) is 1. The van der Waals surface area contributed by atoms with E-state index in [-0.39, 0.29) is 11.4 Å². The maximum Gasteiger partial charge on any atom is 0.264 e. The van der Waals surface area contributed by atoms with E-state index in [0.29, 0.717) is 28.6 Å². The summed E-state index contributed by atoms with van der Waals surface area (Å²) in [6, 6.07) is 14.5. The number of nitrogens with zero attached hydrogens (tertiary/aromatic N) is 2. The first-order valence-electron chi connectivity index (χ1n) is 11.6. The van der Waals surface area contributed by atoms with Crippen LogP contribution in [0.1, 0.15) is 65.0 Å². The summed E-state index contributed by atoms with van der Waals surface area (Å²) in [7, 11) is 0. The second-order valence-corrected chi connectivity index (χ2v) is 10.6. The maximum atomic E-state index is 12.6. The first-order valence-corrected chi connectivity index (χ1v) is 12.5. The van der Waals surface area contributed by atoms with E-state index in [1.165, 1.54) is 23.0 Å². The van der Waals surface area contributed by atoms with Crippen molar-refractivity contribution < 1.29 is 9.53 Å². The number of carbonyl (C=O) groups excluding carboxylic acids is 1. The van der Waals surface area contributed by atoms with Crippen molar-refractivity contribution in [2.24, 2.45) is 4.99 Å². The molecule has 0 unspecified atom stereocenters. The third-order valence-corrected chi connectivity index (χ3v) is 7.05. The van der Waals surface area contributed by atoms with Crippen molar-refractivity contribution >= 4 is 40.3 Å². The molecule has 1 atom stereocenters. The van der Waals surface area contributed by atoms with Gasteiger partial charge in [0.25, 0.3) is 5.91 Å². The fourth-order valence-corrected chi connectivity index (χ4v) is 5.91. The number of amides is 1. The van der Waals surface area contributed by atoms with Gasteiger partial charge in [-0.1, -0.05) is 13.0 Å². The normalized spacial score (nSPS) is 22.1. The largest absolute Gasteiger partial charge is 0.494 e. The van der Waals surface area contributed by atoms with Crippen LogP contribution in [0.4, 0.5) is 11.4 Å². The van der Waals surface area contributed by atoms with Gasteiger partial charge in [-0.25, -0.2) is 4.99 Å². The summed E-state index contributed by atoms with van der Waals surface area (Å²) in [4.78, 5) is 20.3. The number of aliphatic imine (C=N–C) groups is 1. The Hall–Kier alpha value is -2.73. The molecular formula is C27H33N3O2S. The van der Waals surface area contributed by atoms with E-state index in [2.05, 4.69) is 68.0 Å². The van der Waals surface area contributed by atoms with Crippen LogP contribution in [-0.2, 0) is 4.79 Å². The summed E-state index contributed by atoms with van der Waals surface area (Å²) < 4.78 is 5.47. The van der Waals surface area contributed by atoms with E-state index in [1.807, 2.05) is 37.3 Å². The van der Waals surface area contributed by atoms with Crippen molar-refractivity contribution in [3.05, 3.63) is 58.5 Å². The van der Waals surface area contributed by atoms with E-state index < -0.39 is 0 Å². The lowest BCUT2D eigenvalue weighted by Gasteiger charge is -2.50. The quantitative estimate of drug-likeness (QED) is 0.516. The Morgan fingerprint density at radius 3 is 2.64 bits per heavy atom. The van der Waals surface area contributed by atoms with Crippen LogP contribution in [0.3, 0.4) is 0 Å². The first kappa shape index (κ1) is 23.4. The van der Waals surface area contributed by atoms with Gasteiger partial charge in [0, 0.05) is 17.3 Å². The number of fused-ring (bicyclic) bond motifs is 1. The van der Waals surface area contributed by atoms with Gasteiger partial charge in [0.2, 0.25) is 0 Å². The Labute approximate surface area is 201 Å². The molecule has 4 rings (SSSR count). The lowest BCUT2D eigenvalue weighted by molar-refractivity contribution is -0.115. The molecule has 1 fully saturated rings.